The van der Waals surface area contributed by atoms with E-state index in [1.54, 1.807) is 6.08 Å². The van der Waals surface area contributed by atoms with Gasteiger partial charge in [-0.2, -0.15) is 13.2 Å². The summed E-state index contributed by atoms with van der Waals surface area (Å²) >= 11 is 1.10. The molecule has 2 aromatic carbocycles. The number of hydrogen-bond acceptors (Lipinski definition) is 3. The number of thioether (sulfide) groups is 1. The van der Waals surface area contributed by atoms with Crippen LogP contribution in [-0.4, -0.2) is 11.1 Å². The minimum Gasteiger partial charge on any atom is -0.300 e. The summed E-state index contributed by atoms with van der Waals surface area (Å²) in [5.74, 6) is -0.323. The second kappa shape index (κ2) is 6.76. The second-order valence-electron chi connectivity index (χ2n) is 5.44. The highest BCUT2D eigenvalue weighted by molar-refractivity contribution is 8.18. The minimum atomic E-state index is -4.43. The van der Waals surface area contributed by atoms with Crippen LogP contribution in [-0.2, 0) is 11.0 Å². The molecule has 1 aliphatic rings. The molecule has 3 rings (SSSR count). The fourth-order valence-electron chi connectivity index (χ4n) is 2.16. The van der Waals surface area contributed by atoms with Gasteiger partial charge < -0.3 is 5.32 Å². The highest BCUT2D eigenvalue weighted by atomic mass is 32.2. The normalized spacial score (nSPS) is 18.0. The van der Waals surface area contributed by atoms with E-state index >= 15 is 0 Å². The van der Waals surface area contributed by atoms with Gasteiger partial charge in [-0.1, -0.05) is 35.9 Å². The lowest BCUT2D eigenvalue weighted by Gasteiger charge is -2.06. The summed E-state index contributed by atoms with van der Waals surface area (Å²) < 4.78 is 38.2. The van der Waals surface area contributed by atoms with Gasteiger partial charge in [0.05, 0.1) is 16.2 Å². The van der Waals surface area contributed by atoms with Gasteiger partial charge >= 0.3 is 6.18 Å². The number of amidine groups is 1. The summed E-state index contributed by atoms with van der Waals surface area (Å²) in [4.78, 5) is 16.5. The maximum atomic E-state index is 12.7. The third-order valence-corrected chi connectivity index (χ3v) is 4.34. The lowest BCUT2D eigenvalue weighted by Crippen LogP contribution is -2.19. The van der Waals surface area contributed by atoms with E-state index in [9.17, 15) is 18.0 Å². The molecule has 0 atom stereocenters. The first-order valence-corrected chi connectivity index (χ1v) is 8.16. The highest BCUT2D eigenvalue weighted by Gasteiger charge is 2.30. The van der Waals surface area contributed by atoms with E-state index in [-0.39, 0.29) is 16.8 Å². The summed E-state index contributed by atoms with van der Waals surface area (Å²) in [5, 5.41) is 2.82. The molecule has 0 aliphatic carbocycles. The predicted molar refractivity (Wildman–Crippen MR) is 93.4 cm³/mol. The largest absolute Gasteiger partial charge is 0.416 e. The smallest absolute Gasteiger partial charge is 0.300 e. The van der Waals surface area contributed by atoms with Crippen LogP contribution in [0.2, 0.25) is 0 Å². The van der Waals surface area contributed by atoms with Gasteiger partial charge in [0.2, 0.25) is 0 Å². The quantitative estimate of drug-likeness (QED) is 0.772. The number of carbonyl (C=O) groups is 1. The van der Waals surface area contributed by atoms with Crippen LogP contribution in [0.1, 0.15) is 16.7 Å². The summed E-state index contributed by atoms with van der Waals surface area (Å²) in [6.45, 7) is 1.97. The van der Waals surface area contributed by atoms with Crippen LogP contribution in [0, 0.1) is 6.92 Å². The number of halogens is 3. The van der Waals surface area contributed by atoms with Crippen molar-refractivity contribution in [2.45, 2.75) is 13.1 Å². The average molecular weight is 362 g/mol. The van der Waals surface area contributed by atoms with Crippen LogP contribution < -0.4 is 5.32 Å². The van der Waals surface area contributed by atoms with Crippen LogP contribution in [0.25, 0.3) is 6.08 Å². The Bertz CT molecular complexity index is 871. The molecule has 1 fully saturated rings. The number of rotatable bonds is 2. The Balaban J connectivity index is 1.82. The van der Waals surface area contributed by atoms with Crippen molar-refractivity contribution in [3.63, 3.8) is 0 Å². The SMILES string of the molecule is Cc1ccc(/C=C2\SC(=Nc3cccc(C(F)(F)F)c3)NC2=O)cc1. The molecule has 0 unspecified atom stereocenters. The summed E-state index contributed by atoms with van der Waals surface area (Å²) in [6.07, 6.45) is -2.72. The Kier molecular flexibility index (Phi) is 4.67. The predicted octanol–water partition coefficient (Wildman–Crippen LogP) is 4.91. The number of nitrogens with zero attached hydrogens (tertiary/aromatic N) is 1. The van der Waals surface area contributed by atoms with E-state index in [4.69, 9.17) is 0 Å². The first kappa shape index (κ1) is 17.3. The van der Waals surface area contributed by atoms with Gasteiger partial charge in [-0.15, -0.1) is 0 Å². The van der Waals surface area contributed by atoms with Gasteiger partial charge in [0.15, 0.2) is 5.17 Å². The van der Waals surface area contributed by atoms with Gasteiger partial charge in [-0.05, 0) is 48.5 Å². The topological polar surface area (TPSA) is 41.5 Å². The minimum absolute atomic E-state index is 0.134. The summed E-state index contributed by atoms with van der Waals surface area (Å²) in [7, 11) is 0. The third-order valence-electron chi connectivity index (χ3n) is 3.43. The molecule has 25 heavy (non-hydrogen) atoms. The van der Waals surface area contributed by atoms with Crippen molar-refractivity contribution in [3.05, 3.63) is 70.1 Å². The molecule has 0 saturated carbocycles. The number of alkyl halides is 3. The van der Waals surface area contributed by atoms with Crippen molar-refractivity contribution in [2.24, 2.45) is 4.99 Å². The molecule has 1 heterocycles. The van der Waals surface area contributed by atoms with Gasteiger partial charge in [-0.3, -0.25) is 4.79 Å². The number of carbonyl (C=O) groups excluding carboxylic acids is 1. The van der Waals surface area contributed by atoms with E-state index in [0.717, 1.165) is 35.0 Å². The van der Waals surface area contributed by atoms with Crippen molar-refractivity contribution in [3.8, 4) is 0 Å². The van der Waals surface area contributed by atoms with Crippen molar-refractivity contribution < 1.29 is 18.0 Å². The molecule has 0 bridgehead atoms. The number of hydrogen-bond donors (Lipinski definition) is 1. The lowest BCUT2D eigenvalue weighted by molar-refractivity contribution is -0.137. The van der Waals surface area contributed by atoms with Crippen LogP contribution >= 0.6 is 11.8 Å². The van der Waals surface area contributed by atoms with E-state index in [2.05, 4.69) is 10.3 Å². The number of amides is 1. The van der Waals surface area contributed by atoms with E-state index in [1.165, 1.54) is 12.1 Å². The number of nitrogens with one attached hydrogen (secondary N) is 1. The number of benzene rings is 2. The van der Waals surface area contributed by atoms with Gasteiger partial charge in [0, 0.05) is 0 Å². The van der Waals surface area contributed by atoms with Crippen LogP contribution in [0.15, 0.2) is 58.4 Å². The number of aliphatic imine (C=N–C) groups is 1. The first-order valence-electron chi connectivity index (χ1n) is 7.35. The zero-order valence-corrected chi connectivity index (χ0v) is 13.9. The van der Waals surface area contributed by atoms with Crippen LogP contribution in [0.4, 0.5) is 18.9 Å². The molecule has 2 aromatic rings. The second-order valence-corrected chi connectivity index (χ2v) is 6.47. The number of aryl methyl sites for hydroxylation is 1. The summed E-state index contributed by atoms with van der Waals surface area (Å²) in [6, 6.07) is 12.3. The molecule has 128 valence electrons. The molecule has 1 amide bonds. The third kappa shape index (κ3) is 4.30. The monoisotopic (exact) mass is 362 g/mol. The lowest BCUT2D eigenvalue weighted by atomic mass is 10.1. The van der Waals surface area contributed by atoms with Crippen LogP contribution in [0.3, 0.4) is 0 Å². The zero-order valence-electron chi connectivity index (χ0n) is 13.1. The average Bonchev–Trinajstić information content (AvgIpc) is 2.88. The molecule has 1 saturated heterocycles. The van der Waals surface area contributed by atoms with E-state index < -0.39 is 11.7 Å². The maximum Gasteiger partial charge on any atom is 0.416 e. The van der Waals surface area contributed by atoms with Gasteiger partial charge in [-0.25, -0.2) is 4.99 Å². The van der Waals surface area contributed by atoms with Crippen LogP contribution in [0.5, 0.6) is 0 Å². The molecule has 0 spiro atoms. The highest BCUT2D eigenvalue weighted by Crippen LogP contribution is 2.33. The molecule has 7 heteroatoms. The standard InChI is InChI=1S/C18H13F3N2OS/c1-11-5-7-12(8-6-11)9-15-16(24)23-17(25-15)22-14-4-2-3-13(10-14)18(19,20)21/h2-10H,1H3,(H,22,23,24)/b15-9-. The first-order chi connectivity index (χ1) is 11.8. The Morgan fingerprint density at radius 2 is 1.84 bits per heavy atom. The zero-order chi connectivity index (χ0) is 18.0. The Morgan fingerprint density at radius 3 is 2.52 bits per heavy atom. The van der Waals surface area contributed by atoms with Gasteiger partial charge in [0.1, 0.15) is 0 Å². The molecule has 3 nitrogen and oxygen atoms in total. The van der Waals surface area contributed by atoms with E-state index in [1.807, 2.05) is 31.2 Å². The fraction of sp³-hybridized carbons (Fsp3) is 0.111. The summed E-state index contributed by atoms with van der Waals surface area (Å²) in [5.41, 5.74) is 1.33. The molecular formula is C18H13F3N2OS. The van der Waals surface area contributed by atoms with Crippen molar-refractivity contribution in [1.82, 2.24) is 5.32 Å². The molecule has 0 radical (unpaired) electrons. The Hall–Kier alpha value is -2.54. The molecule has 1 N–H and O–H groups in total. The molecular weight excluding hydrogens is 349 g/mol. The van der Waals surface area contributed by atoms with Crippen molar-refractivity contribution in [1.29, 1.82) is 0 Å². The van der Waals surface area contributed by atoms with Crippen molar-refractivity contribution in [2.75, 3.05) is 0 Å². The molecule has 1 aliphatic heterocycles. The van der Waals surface area contributed by atoms with Gasteiger partial charge in [0.25, 0.3) is 5.91 Å². The molecule has 0 aromatic heterocycles. The Labute approximate surface area is 146 Å². The fourth-order valence-corrected chi connectivity index (χ4v) is 3.01. The maximum absolute atomic E-state index is 12.7. The Morgan fingerprint density at radius 1 is 1.12 bits per heavy atom. The van der Waals surface area contributed by atoms with Crippen molar-refractivity contribution >= 4 is 34.6 Å². The van der Waals surface area contributed by atoms with E-state index in [0.29, 0.717) is 4.91 Å².